The molecule has 4 aromatic rings. The molecule has 11 heteroatoms. The van der Waals surface area contributed by atoms with Crippen LogP contribution in [-0.4, -0.2) is 33.8 Å². The number of carbonyl (C=O) groups is 1. The molecule has 0 bridgehead atoms. The standard InChI is InChI=1S/C31H22Cl2N6O3/c32-23-17-24(33)19-25(18-23)37-28(40)31(21-10-3-1-4-11-21,22-12-5-2-6-13-22)38-27(35-29(34)36-30(37)38)16-15-20-9-7-8-14-26(20)39(41)42/h1-19,27H,(H2,34,35)/b16-15+. The van der Waals surface area contributed by atoms with Crippen molar-refractivity contribution in [3.63, 3.8) is 0 Å². The Morgan fingerprint density at radius 1 is 0.881 bits per heavy atom. The number of fused-ring (bicyclic) bond motifs is 1. The molecule has 2 aliphatic heterocycles. The van der Waals surface area contributed by atoms with Crippen LogP contribution in [0.25, 0.3) is 6.08 Å². The number of aliphatic imine (C=N–C) groups is 2. The molecule has 0 aliphatic carbocycles. The smallest absolute Gasteiger partial charge is 0.276 e. The summed E-state index contributed by atoms with van der Waals surface area (Å²) >= 11 is 12.8. The van der Waals surface area contributed by atoms with E-state index in [1.54, 1.807) is 53.5 Å². The largest absolute Gasteiger partial charge is 0.368 e. The molecular formula is C31H22Cl2N6O3. The van der Waals surface area contributed by atoms with Gasteiger partial charge in [0.1, 0.15) is 6.17 Å². The molecule has 1 fully saturated rings. The molecule has 0 aromatic heterocycles. The monoisotopic (exact) mass is 596 g/mol. The summed E-state index contributed by atoms with van der Waals surface area (Å²) in [5, 5.41) is 12.4. The highest BCUT2D eigenvalue weighted by Gasteiger charge is 2.61. The number of halogens is 2. The summed E-state index contributed by atoms with van der Waals surface area (Å²) < 4.78 is 0. The van der Waals surface area contributed by atoms with E-state index in [4.69, 9.17) is 28.9 Å². The number of nitrogens with two attached hydrogens (primary N) is 1. The second kappa shape index (κ2) is 10.8. The Labute approximate surface area is 251 Å². The average molecular weight is 597 g/mol. The lowest BCUT2D eigenvalue weighted by Crippen LogP contribution is -2.53. The first-order valence-electron chi connectivity index (χ1n) is 12.9. The Balaban J connectivity index is 1.63. The number of nitrogens with zero attached hydrogens (tertiary/aromatic N) is 5. The van der Waals surface area contributed by atoms with Gasteiger partial charge in [-0.05, 0) is 47.5 Å². The number of para-hydroxylation sites is 1. The molecule has 1 unspecified atom stereocenters. The van der Waals surface area contributed by atoms with E-state index in [1.165, 1.54) is 11.0 Å². The lowest BCUT2D eigenvalue weighted by atomic mass is 9.80. The lowest BCUT2D eigenvalue weighted by Gasteiger charge is -2.40. The van der Waals surface area contributed by atoms with E-state index in [1.807, 2.05) is 60.7 Å². The van der Waals surface area contributed by atoms with Gasteiger partial charge in [-0.1, -0.05) is 96.0 Å². The first-order valence-corrected chi connectivity index (χ1v) is 13.6. The summed E-state index contributed by atoms with van der Waals surface area (Å²) in [5.74, 6) is -0.219. The van der Waals surface area contributed by atoms with Crippen molar-refractivity contribution in [2.75, 3.05) is 4.90 Å². The summed E-state index contributed by atoms with van der Waals surface area (Å²) in [6.45, 7) is 0. The van der Waals surface area contributed by atoms with Crippen LogP contribution >= 0.6 is 23.2 Å². The molecule has 0 radical (unpaired) electrons. The van der Waals surface area contributed by atoms with E-state index in [0.717, 1.165) is 0 Å². The fraction of sp³-hybridized carbons (Fsp3) is 0.0645. The van der Waals surface area contributed by atoms with Crippen molar-refractivity contribution >= 4 is 58.5 Å². The number of benzene rings is 4. The van der Waals surface area contributed by atoms with Gasteiger partial charge in [-0.2, -0.15) is 4.99 Å². The highest BCUT2D eigenvalue weighted by Crippen LogP contribution is 2.47. The summed E-state index contributed by atoms with van der Waals surface area (Å²) in [6.07, 6.45) is 2.39. The molecule has 1 atom stereocenters. The van der Waals surface area contributed by atoms with Crippen molar-refractivity contribution in [2.45, 2.75) is 11.7 Å². The molecule has 4 aromatic carbocycles. The first kappa shape index (κ1) is 27.2. The Morgan fingerprint density at radius 2 is 1.45 bits per heavy atom. The van der Waals surface area contributed by atoms with Gasteiger partial charge in [-0.25, -0.2) is 9.89 Å². The second-order valence-electron chi connectivity index (χ2n) is 9.57. The Kier molecular flexibility index (Phi) is 6.97. The quantitative estimate of drug-likeness (QED) is 0.209. The van der Waals surface area contributed by atoms with Gasteiger partial charge in [-0.3, -0.25) is 19.8 Å². The Bertz CT molecular complexity index is 1730. The molecule has 208 valence electrons. The molecule has 2 heterocycles. The molecular weight excluding hydrogens is 575 g/mol. The van der Waals surface area contributed by atoms with Gasteiger partial charge in [0, 0.05) is 16.1 Å². The summed E-state index contributed by atoms with van der Waals surface area (Å²) in [7, 11) is 0. The van der Waals surface area contributed by atoms with Crippen LogP contribution in [0.2, 0.25) is 10.0 Å². The van der Waals surface area contributed by atoms with Crippen molar-refractivity contribution in [2.24, 2.45) is 15.7 Å². The summed E-state index contributed by atoms with van der Waals surface area (Å²) in [4.78, 5) is 38.6. The second-order valence-corrected chi connectivity index (χ2v) is 10.4. The van der Waals surface area contributed by atoms with Gasteiger partial charge < -0.3 is 5.73 Å². The van der Waals surface area contributed by atoms with Crippen molar-refractivity contribution in [1.29, 1.82) is 0 Å². The van der Waals surface area contributed by atoms with Gasteiger partial charge in [-0.15, -0.1) is 0 Å². The van der Waals surface area contributed by atoms with E-state index in [0.29, 0.717) is 32.4 Å². The molecule has 0 saturated carbocycles. The number of rotatable bonds is 6. The van der Waals surface area contributed by atoms with Gasteiger partial charge in [0.05, 0.1) is 16.2 Å². The highest BCUT2D eigenvalue weighted by atomic mass is 35.5. The fourth-order valence-electron chi connectivity index (χ4n) is 5.42. The van der Waals surface area contributed by atoms with Crippen LogP contribution in [0.15, 0.2) is 119 Å². The van der Waals surface area contributed by atoms with E-state index in [9.17, 15) is 14.9 Å². The van der Waals surface area contributed by atoms with Crippen LogP contribution in [0.3, 0.4) is 0 Å². The van der Waals surface area contributed by atoms with Crippen LogP contribution in [0.5, 0.6) is 0 Å². The number of guanidine groups is 2. The summed E-state index contributed by atoms with van der Waals surface area (Å²) in [6, 6.07) is 29.8. The predicted molar refractivity (Wildman–Crippen MR) is 164 cm³/mol. The third-order valence-corrected chi connectivity index (χ3v) is 7.54. The molecule has 1 saturated heterocycles. The zero-order chi connectivity index (χ0) is 29.4. The maximum Gasteiger partial charge on any atom is 0.276 e. The maximum atomic E-state index is 15.0. The molecule has 42 heavy (non-hydrogen) atoms. The number of hydrogen-bond acceptors (Lipinski definition) is 7. The molecule has 9 nitrogen and oxygen atoms in total. The minimum atomic E-state index is -1.46. The minimum absolute atomic E-state index is 0.0682. The van der Waals surface area contributed by atoms with Crippen molar-refractivity contribution < 1.29 is 9.72 Å². The third-order valence-electron chi connectivity index (χ3n) is 7.10. The van der Waals surface area contributed by atoms with E-state index >= 15 is 0 Å². The predicted octanol–water partition coefficient (Wildman–Crippen LogP) is 6.22. The Morgan fingerprint density at radius 3 is 2.05 bits per heavy atom. The third kappa shape index (κ3) is 4.49. The topological polar surface area (TPSA) is 117 Å². The molecule has 0 spiro atoms. The first-order chi connectivity index (χ1) is 20.3. The van der Waals surface area contributed by atoms with Crippen LogP contribution in [0.4, 0.5) is 11.4 Å². The van der Waals surface area contributed by atoms with Crippen molar-refractivity contribution in [1.82, 2.24) is 4.90 Å². The van der Waals surface area contributed by atoms with Gasteiger partial charge in [0.15, 0.2) is 5.54 Å². The molecule has 1 amide bonds. The van der Waals surface area contributed by atoms with E-state index in [-0.39, 0.29) is 23.5 Å². The number of anilines is 1. The number of nitro benzene ring substituents is 1. The number of carbonyl (C=O) groups excluding carboxylic acids is 1. The van der Waals surface area contributed by atoms with Gasteiger partial charge in [0.2, 0.25) is 11.9 Å². The van der Waals surface area contributed by atoms with Gasteiger partial charge in [0.25, 0.3) is 11.6 Å². The van der Waals surface area contributed by atoms with Crippen LogP contribution in [-0.2, 0) is 10.3 Å². The molecule has 2 aliphatic rings. The molecule has 2 N–H and O–H groups in total. The normalized spacial score (nSPS) is 17.7. The summed E-state index contributed by atoms with van der Waals surface area (Å²) in [5.41, 5.74) is 6.79. The minimum Gasteiger partial charge on any atom is -0.368 e. The van der Waals surface area contributed by atoms with Crippen LogP contribution in [0.1, 0.15) is 16.7 Å². The number of amides is 1. The lowest BCUT2D eigenvalue weighted by molar-refractivity contribution is -0.385. The number of hydrogen-bond donors (Lipinski definition) is 1. The van der Waals surface area contributed by atoms with E-state index < -0.39 is 16.6 Å². The Hall–Kier alpha value is -4.99. The van der Waals surface area contributed by atoms with E-state index in [2.05, 4.69) is 9.98 Å². The SMILES string of the molecule is NC1=NC(/C=C/c2ccccc2[N+](=O)[O-])N2C(=N1)N(c1cc(Cl)cc(Cl)c1)C(=O)C2(c1ccccc1)c1ccccc1. The zero-order valence-corrected chi connectivity index (χ0v) is 23.4. The number of nitro groups is 1. The van der Waals surface area contributed by atoms with Crippen molar-refractivity contribution in [3.8, 4) is 0 Å². The van der Waals surface area contributed by atoms with Crippen LogP contribution in [0, 0.1) is 10.1 Å². The highest BCUT2D eigenvalue weighted by molar-refractivity contribution is 6.36. The fourth-order valence-corrected chi connectivity index (χ4v) is 5.94. The zero-order valence-electron chi connectivity index (χ0n) is 21.8. The maximum absolute atomic E-state index is 15.0. The molecule has 6 rings (SSSR count). The van der Waals surface area contributed by atoms with Crippen LogP contribution < -0.4 is 10.6 Å². The van der Waals surface area contributed by atoms with Crippen molar-refractivity contribution in [3.05, 3.63) is 146 Å². The van der Waals surface area contributed by atoms with Gasteiger partial charge >= 0.3 is 0 Å². The average Bonchev–Trinajstić information content (AvgIpc) is 3.24.